The lowest BCUT2D eigenvalue weighted by Crippen LogP contribution is -2.43. The second kappa shape index (κ2) is 8.23. The molecule has 0 amide bonds. The molecule has 0 aliphatic carbocycles. The monoisotopic (exact) mass is 267 g/mol. The molecular formula is C16H33N3. The van der Waals surface area contributed by atoms with Gasteiger partial charge in [-0.2, -0.15) is 0 Å². The first-order chi connectivity index (χ1) is 9.25. The van der Waals surface area contributed by atoms with Gasteiger partial charge in [-0.15, -0.1) is 0 Å². The molecule has 2 heterocycles. The summed E-state index contributed by atoms with van der Waals surface area (Å²) < 4.78 is 0. The van der Waals surface area contributed by atoms with Gasteiger partial charge in [0.1, 0.15) is 0 Å². The predicted octanol–water partition coefficient (Wildman–Crippen LogP) is 2.04. The van der Waals surface area contributed by atoms with Crippen molar-refractivity contribution in [1.29, 1.82) is 0 Å². The van der Waals surface area contributed by atoms with E-state index in [0.29, 0.717) is 0 Å². The molecule has 0 radical (unpaired) electrons. The highest BCUT2D eigenvalue weighted by atomic mass is 15.2. The summed E-state index contributed by atoms with van der Waals surface area (Å²) in [4.78, 5) is 5.30. The summed E-state index contributed by atoms with van der Waals surface area (Å²) in [5.74, 6) is 1.87. The van der Waals surface area contributed by atoms with E-state index in [4.69, 9.17) is 0 Å². The molecule has 2 aliphatic rings. The van der Waals surface area contributed by atoms with E-state index in [1.165, 1.54) is 78.0 Å². The van der Waals surface area contributed by atoms with Crippen LogP contribution in [0.4, 0.5) is 0 Å². The number of unbranched alkanes of at least 4 members (excludes halogenated alkanes) is 1. The number of piperazine rings is 1. The standard InChI is InChI=1S/C16H33N3/c1-15(2)16-5-11-18(12-6-16)9-3-4-10-19-13-7-17-8-14-19/h15-17H,3-14H2,1-2H3. The Labute approximate surface area is 119 Å². The number of likely N-dealkylation sites (tertiary alicyclic amines) is 1. The van der Waals surface area contributed by atoms with Crippen LogP contribution in [0.25, 0.3) is 0 Å². The molecule has 2 aliphatic heterocycles. The third-order valence-electron chi connectivity index (χ3n) is 4.98. The minimum atomic E-state index is 0.884. The molecule has 3 nitrogen and oxygen atoms in total. The average molecular weight is 267 g/mol. The largest absolute Gasteiger partial charge is 0.314 e. The van der Waals surface area contributed by atoms with Crippen molar-refractivity contribution < 1.29 is 0 Å². The maximum atomic E-state index is 3.42. The summed E-state index contributed by atoms with van der Waals surface area (Å²) in [6.07, 6.45) is 5.62. The Hall–Kier alpha value is -0.120. The van der Waals surface area contributed by atoms with Crippen molar-refractivity contribution in [3.05, 3.63) is 0 Å². The molecule has 1 N–H and O–H groups in total. The topological polar surface area (TPSA) is 18.5 Å². The molecule has 19 heavy (non-hydrogen) atoms. The van der Waals surface area contributed by atoms with Crippen molar-refractivity contribution in [2.75, 3.05) is 52.4 Å². The van der Waals surface area contributed by atoms with Crippen molar-refractivity contribution in [3.8, 4) is 0 Å². The highest BCUT2D eigenvalue weighted by molar-refractivity contribution is 4.74. The Morgan fingerprint density at radius 2 is 1.42 bits per heavy atom. The Morgan fingerprint density at radius 1 is 0.895 bits per heavy atom. The highest BCUT2D eigenvalue weighted by Gasteiger charge is 2.20. The molecule has 0 atom stereocenters. The maximum Gasteiger partial charge on any atom is 0.0107 e. The molecular weight excluding hydrogens is 234 g/mol. The Bertz CT molecular complexity index is 228. The van der Waals surface area contributed by atoms with Crippen LogP contribution in [0, 0.1) is 11.8 Å². The summed E-state index contributed by atoms with van der Waals surface area (Å²) in [7, 11) is 0. The fraction of sp³-hybridized carbons (Fsp3) is 1.00. The van der Waals surface area contributed by atoms with Crippen molar-refractivity contribution in [3.63, 3.8) is 0 Å². The summed E-state index contributed by atoms with van der Waals surface area (Å²) in [5, 5.41) is 3.42. The van der Waals surface area contributed by atoms with Gasteiger partial charge in [-0.25, -0.2) is 0 Å². The fourth-order valence-corrected chi connectivity index (χ4v) is 3.45. The Morgan fingerprint density at radius 3 is 1.95 bits per heavy atom. The molecule has 0 aromatic heterocycles. The summed E-state index contributed by atoms with van der Waals surface area (Å²) >= 11 is 0. The predicted molar refractivity (Wildman–Crippen MR) is 82.5 cm³/mol. The molecule has 2 rings (SSSR count). The summed E-state index contributed by atoms with van der Waals surface area (Å²) in [5.41, 5.74) is 0. The summed E-state index contributed by atoms with van der Waals surface area (Å²) in [6.45, 7) is 15.0. The lowest BCUT2D eigenvalue weighted by molar-refractivity contribution is 0.152. The number of rotatable bonds is 6. The number of hydrogen-bond donors (Lipinski definition) is 1. The van der Waals surface area contributed by atoms with Crippen molar-refractivity contribution >= 4 is 0 Å². The zero-order valence-electron chi connectivity index (χ0n) is 13.0. The minimum Gasteiger partial charge on any atom is -0.314 e. The average Bonchev–Trinajstić information content (AvgIpc) is 2.45. The Kier molecular flexibility index (Phi) is 6.62. The van der Waals surface area contributed by atoms with Crippen molar-refractivity contribution in [2.24, 2.45) is 11.8 Å². The van der Waals surface area contributed by atoms with Crippen LogP contribution in [0.15, 0.2) is 0 Å². The van der Waals surface area contributed by atoms with E-state index < -0.39 is 0 Å². The highest BCUT2D eigenvalue weighted by Crippen LogP contribution is 2.24. The van der Waals surface area contributed by atoms with Crippen molar-refractivity contribution in [1.82, 2.24) is 15.1 Å². The molecule has 0 unspecified atom stereocenters. The quantitative estimate of drug-likeness (QED) is 0.743. The van der Waals surface area contributed by atoms with E-state index in [2.05, 4.69) is 29.0 Å². The third-order valence-corrected chi connectivity index (χ3v) is 4.98. The maximum absolute atomic E-state index is 3.42. The molecule has 0 bridgehead atoms. The third kappa shape index (κ3) is 5.41. The molecule has 0 saturated carbocycles. The molecule has 2 saturated heterocycles. The van der Waals surface area contributed by atoms with Gasteiger partial charge in [0.25, 0.3) is 0 Å². The van der Waals surface area contributed by atoms with Crippen LogP contribution in [-0.2, 0) is 0 Å². The number of piperidine rings is 1. The number of nitrogens with one attached hydrogen (secondary N) is 1. The minimum absolute atomic E-state index is 0.884. The molecule has 112 valence electrons. The van der Waals surface area contributed by atoms with E-state index in [0.717, 1.165) is 11.8 Å². The van der Waals surface area contributed by atoms with Gasteiger partial charge in [-0.05, 0) is 63.7 Å². The first-order valence-corrected chi connectivity index (χ1v) is 8.41. The van der Waals surface area contributed by atoms with Crippen LogP contribution in [0.5, 0.6) is 0 Å². The van der Waals surface area contributed by atoms with E-state index in [9.17, 15) is 0 Å². The van der Waals surface area contributed by atoms with Gasteiger partial charge in [0, 0.05) is 26.2 Å². The van der Waals surface area contributed by atoms with Gasteiger partial charge in [0.15, 0.2) is 0 Å². The normalized spacial score (nSPS) is 24.2. The molecule has 0 aromatic carbocycles. The number of hydrogen-bond acceptors (Lipinski definition) is 3. The first-order valence-electron chi connectivity index (χ1n) is 8.41. The second-order valence-corrected chi connectivity index (χ2v) is 6.72. The van der Waals surface area contributed by atoms with E-state index in [-0.39, 0.29) is 0 Å². The van der Waals surface area contributed by atoms with Crippen molar-refractivity contribution in [2.45, 2.75) is 39.5 Å². The Balaban J connectivity index is 1.49. The van der Waals surface area contributed by atoms with Gasteiger partial charge in [0.2, 0.25) is 0 Å². The summed E-state index contributed by atoms with van der Waals surface area (Å²) in [6, 6.07) is 0. The van der Waals surface area contributed by atoms with Gasteiger partial charge in [-0.1, -0.05) is 13.8 Å². The van der Waals surface area contributed by atoms with Crippen LogP contribution < -0.4 is 5.32 Å². The molecule has 2 fully saturated rings. The first kappa shape index (κ1) is 15.3. The van der Waals surface area contributed by atoms with Gasteiger partial charge in [-0.3, -0.25) is 0 Å². The van der Waals surface area contributed by atoms with Crippen LogP contribution >= 0.6 is 0 Å². The van der Waals surface area contributed by atoms with Gasteiger partial charge in [0.05, 0.1) is 0 Å². The van der Waals surface area contributed by atoms with Crippen LogP contribution in [0.2, 0.25) is 0 Å². The molecule has 0 spiro atoms. The van der Waals surface area contributed by atoms with Crippen LogP contribution in [-0.4, -0.2) is 62.2 Å². The van der Waals surface area contributed by atoms with Gasteiger partial charge >= 0.3 is 0 Å². The SMILES string of the molecule is CC(C)C1CCN(CCCCN2CCNCC2)CC1. The second-order valence-electron chi connectivity index (χ2n) is 6.72. The smallest absolute Gasteiger partial charge is 0.0107 e. The van der Waals surface area contributed by atoms with E-state index >= 15 is 0 Å². The lowest BCUT2D eigenvalue weighted by Gasteiger charge is -2.34. The van der Waals surface area contributed by atoms with E-state index in [1.54, 1.807) is 0 Å². The molecule has 3 heteroatoms. The van der Waals surface area contributed by atoms with Crippen LogP contribution in [0.1, 0.15) is 39.5 Å². The van der Waals surface area contributed by atoms with E-state index in [1.807, 2.05) is 0 Å². The lowest BCUT2D eigenvalue weighted by atomic mass is 9.87. The fourth-order valence-electron chi connectivity index (χ4n) is 3.45. The zero-order chi connectivity index (χ0) is 13.5. The van der Waals surface area contributed by atoms with Crippen LogP contribution in [0.3, 0.4) is 0 Å². The van der Waals surface area contributed by atoms with Gasteiger partial charge < -0.3 is 15.1 Å². The zero-order valence-corrected chi connectivity index (χ0v) is 13.0. The molecule has 0 aromatic rings. The number of nitrogens with zero attached hydrogens (tertiary/aromatic N) is 2.